The van der Waals surface area contributed by atoms with E-state index >= 15 is 0 Å². The highest BCUT2D eigenvalue weighted by atomic mass is 32.2. The van der Waals surface area contributed by atoms with Crippen molar-refractivity contribution in [2.75, 3.05) is 18.6 Å². The molecule has 2 aromatic rings. The van der Waals surface area contributed by atoms with Crippen LogP contribution < -0.4 is 10.1 Å². The van der Waals surface area contributed by atoms with Crippen LogP contribution in [0.15, 0.2) is 36.4 Å². The topological polar surface area (TPSA) is 72.5 Å². The van der Waals surface area contributed by atoms with E-state index in [1.807, 2.05) is 36.4 Å². The van der Waals surface area contributed by atoms with E-state index in [2.05, 4.69) is 5.32 Å². The Morgan fingerprint density at radius 1 is 1.21 bits per heavy atom. The van der Waals surface area contributed by atoms with Crippen molar-refractivity contribution in [3.05, 3.63) is 42.0 Å². The molecule has 2 aromatic carbocycles. The SMILES string of the molecule is COc1ccc2cc(CNC(=O)C[C@H]3CCS(=O)(=O)C3)ccc2c1. The molecular formula is C18H21NO4S. The maximum Gasteiger partial charge on any atom is 0.220 e. The molecule has 0 saturated carbocycles. The maximum atomic E-state index is 12.0. The monoisotopic (exact) mass is 347 g/mol. The molecule has 1 saturated heterocycles. The minimum atomic E-state index is -2.93. The molecule has 6 heteroatoms. The van der Waals surface area contributed by atoms with Gasteiger partial charge >= 0.3 is 0 Å². The molecule has 1 N–H and O–H groups in total. The Morgan fingerprint density at radius 3 is 2.67 bits per heavy atom. The highest BCUT2D eigenvalue weighted by molar-refractivity contribution is 7.91. The third-order valence-electron chi connectivity index (χ3n) is 4.40. The molecule has 1 aliphatic heterocycles. The van der Waals surface area contributed by atoms with E-state index in [0.717, 1.165) is 22.1 Å². The highest BCUT2D eigenvalue weighted by Gasteiger charge is 2.29. The fourth-order valence-electron chi connectivity index (χ4n) is 3.08. The van der Waals surface area contributed by atoms with Gasteiger partial charge in [0.05, 0.1) is 18.6 Å². The number of carbonyl (C=O) groups is 1. The second kappa shape index (κ2) is 6.81. The van der Waals surface area contributed by atoms with Gasteiger partial charge in [0.1, 0.15) is 5.75 Å². The Hall–Kier alpha value is -2.08. The van der Waals surface area contributed by atoms with Crippen molar-refractivity contribution in [2.45, 2.75) is 19.4 Å². The molecule has 0 unspecified atom stereocenters. The number of carbonyl (C=O) groups excluding carboxylic acids is 1. The van der Waals surface area contributed by atoms with Crippen LogP contribution in [0.4, 0.5) is 0 Å². The first-order valence-electron chi connectivity index (χ1n) is 7.99. The molecule has 3 rings (SSSR count). The normalized spacial score (nSPS) is 19.3. The molecule has 0 aliphatic carbocycles. The molecule has 1 atom stereocenters. The summed E-state index contributed by atoms with van der Waals surface area (Å²) in [6, 6.07) is 11.9. The van der Waals surface area contributed by atoms with Crippen LogP contribution in [0.2, 0.25) is 0 Å². The molecule has 1 heterocycles. The van der Waals surface area contributed by atoms with Crippen molar-refractivity contribution in [3.63, 3.8) is 0 Å². The summed E-state index contributed by atoms with van der Waals surface area (Å²) in [4.78, 5) is 12.0. The average Bonchev–Trinajstić information content (AvgIpc) is 2.90. The molecule has 0 aromatic heterocycles. The molecule has 5 nitrogen and oxygen atoms in total. The van der Waals surface area contributed by atoms with Crippen LogP contribution in [-0.4, -0.2) is 32.9 Å². The number of benzene rings is 2. The predicted molar refractivity (Wildman–Crippen MR) is 93.7 cm³/mol. The molecule has 1 amide bonds. The standard InChI is InChI=1S/C18H21NO4S/c1-23-17-5-4-15-8-13(2-3-16(15)10-17)11-19-18(20)9-14-6-7-24(21,22)12-14/h2-5,8,10,14H,6-7,9,11-12H2,1H3,(H,19,20)/t14-/m1/s1. The van der Waals surface area contributed by atoms with E-state index in [4.69, 9.17) is 4.74 Å². The van der Waals surface area contributed by atoms with Crippen molar-refractivity contribution in [1.29, 1.82) is 0 Å². The summed E-state index contributed by atoms with van der Waals surface area (Å²) in [6.45, 7) is 0.445. The number of ether oxygens (including phenoxy) is 1. The van der Waals surface area contributed by atoms with Gasteiger partial charge in [0.25, 0.3) is 0 Å². The highest BCUT2D eigenvalue weighted by Crippen LogP contribution is 2.23. The lowest BCUT2D eigenvalue weighted by Crippen LogP contribution is -2.25. The van der Waals surface area contributed by atoms with Gasteiger partial charge in [-0.05, 0) is 46.9 Å². The molecule has 0 bridgehead atoms. The van der Waals surface area contributed by atoms with E-state index < -0.39 is 9.84 Å². The van der Waals surface area contributed by atoms with E-state index in [-0.39, 0.29) is 29.8 Å². The Kier molecular flexibility index (Phi) is 4.76. The van der Waals surface area contributed by atoms with Crippen LogP contribution in [-0.2, 0) is 21.2 Å². The third-order valence-corrected chi connectivity index (χ3v) is 6.24. The lowest BCUT2D eigenvalue weighted by Gasteiger charge is -2.10. The number of nitrogens with one attached hydrogen (secondary N) is 1. The Bertz CT molecular complexity index is 860. The predicted octanol–water partition coefficient (Wildman–Crippen LogP) is 2.29. The van der Waals surface area contributed by atoms with Gasteiger partial charge in [0.15, 0.2) is 9.84 Å². The number of rotatable bonds is 5. The first-order valence-corrected chi connectivity index (χ1v) is 9.81. The van der Waals surface area contributed by atoms with Crippen LogP contribution in [0.5, 0.6) is 5.75 Å². The summed E-state index contributed by atoms with van der Waals surface area (Å²) in [5.74, 6) is 1.03. The van der Waals surface area contributed by atoms with Crippen molar-refractivity contribution < 1.29 is 17.9 Å². The second-order valence-corrected chi connectivity index (χ2v) is 8.53. The van der Waals surface area contributed by atoms with Crippen molar-refractivity contribution in [3.8, 4) is 5.75 Å². The fraction of sp³-hybridized carbons (Fsp3) is 0.389. The molecule has 1 aliphatic rings. The van der Waals surface area contributed by atoms with Gasteiger partial charge in [-0.15, -0.1) is 0 Å². The quantitative estimate of drug-likeness (QED) is 0.901. The lowest BCUT2D eigenvalue weighted by atomic mass is 10.0. The Balaban J connectivity index is 1.58. The fourth-order valence-corrected chi connectivity index (χ4v) is 4.94. The zero-order valence-corrected chi connectivity index (χ0v) is 14.4. The van der Waals surface area contributed by atoms with Crippen LogP contribution >= 0.6 is 0 Å². The first-order chi connectivity index (χ1) is 11.4. The minimum absolute atomic E-state index is 0.0425. The lowest BCUT2D eigenvalue weighted by molar-refractivity contribution is -0.122. The summed E-state index contributed by atoms with van der Waals surface area (Å²) >= 11 is 0. The van der Waals surface area contributed by atoms with Crippen LogP contribution in [0.25, 0.3) is 10.8 Å². The molecule has 1 fully saturated rings. The number of sulfone groups is 1. The summed E-state index contributed by atoms with van der Waals surface area (Å²) in [6.07, 6.45) is 0.873. The summed E-state index contributed by atoms with van der Waals surface area (Å²) in [5, 5.41) is 5.05. The van der Waals surface area contributed by atoms with Gasteiger partial charge in [0.2, 0.25) is 5.91 Å². The average molecular weight is 347 g/mol. The van der Waals surface area contributed by atoms with Crippen molar-refractivity contribution in [2.24, 2.45) is 5.92 Å². The van der Waals surface area contributed by atoms with Crippen LogP contribution in [0, 0.1) is 5.92 Å². The summed E-state index contributed by atoms with van der Waals surface area (Å²) < 4.78 is 28.1. The van der Waals surface area contributed by atoms with E-state index in [9.17, 15) is 13.2 Å². The molecule has 0 radical (unpaired) electrons. The van der Waals surface area contributed by atoms with E-state index in [1.165, 1.54) is 0 Å². The van der Waals surface area contributed by atoms with Gasteiger partial charge in [-0.3, -0.25) is 4.79 Å². The van der Waals surface area contributed by atoms with Gasteiger partial charge < -0.3 is 10.1 Å². The Morgan fingerprint density at radius 2 is 1.96 bits per heavy atom. The zero-order valence-electron chi connectivity index (χ0n) is 13.6. The Labute approximate surface area is 141 Å². The van der Waals surface area contributed by atoms with E-state index in [1.54, 1.807) is 7.11 Å². The smallest absolute Gasteiger partial charge is 0.220 e. The number of hydrogen-bond acceptors (Lipinski definition) is 4. The van der Waals surface area contributed by atoms with Crippen molar-refractivity contribution in [1.82, 2.24) is 5.32 Å². The third kappa shape index (κ3) is 4.06. The van der Waals surface area contributed by atoms with Crippen LogP contribution in [0.1, 0.15) is 18.4 Å². The molecule has 24 heavy (non-hydrogen) atoms. The summed E-state index contributed by atoms with van der Waals surface area (Å²) in [5.41, 5.74) is 1.01. The minimum Gasteiger partial charge on any atom is -0.497 e. The largest absolute Gasteiger partial charge is 0.497 e. The van der Waals surface area contributed by atoms with Gasteiger partial charge in [-0.25, -0.2) is 8.42 Å². The van der Waals surface area contributed by atoms with Crippen LogP contribution in [0.3, 0.4) is 0 Å². The summed E-state index contributed by atoms with van der Waals surface area (Å²) in [7, 11) is -1.29. The van der Waals surface area contributed by atoms with Gasteiger partial charge in [-0.2, -0.15) is 0 Å². The maximum absolute atomic E-state index is 12.0. The number of amides is 1. The molecule has 0 spiro atoms. The zero-order chi connectivity index (χ0) is 17.2. The van der Waals surface area contributed by atoms with Gasteiger partial charge in [0, 0.05) is 13.0 Å². The van der Waals surface area contributed by atoms with Crippen molar-refractivity contribution >= 4 is 26.5 Å². The first kappa shape index (κ1) is 16.8. The number of hydrogen-bond donors (Lipinski definition) is 1. The molecular weight excluding hydrogens is 326 g/mol. The van der Waals surface area contributed by atoms with E-state index in [0.29, 0.717) is 13.0 Å². The number of fused-ring (bicyclic) bond motifs is 1. The molecule has 128 valence electrons. The number of methoxy groups -OCH3 is 1. The van der Waals surface area contributed by atoms with Gasteiger partial charge in [-0.1, -0.05) is 18.2 Å². The second-order valence-electron chi connectivity index (χ2n) is 6.30.